The number of hydrogen-bond donors (Lipinski definition) is 1. The first-order chi connectivity index (χ1) is 7.94. The Kier molecular flexibility index (Phi) is 4.87. The molecule has 0 spiro atoms. The number of ketones is 1. The summed E-state index contributed by atoms with van der Waals surface area (Å²) in [4.78, 5) is 16.1. The van der Waals surface area contributed by atoms with Gasteiger partial charge in [-0.1, -0.05) is 6.92 Å². The highest BCUT2D eigenvalue weighted by Gasteiger charge is 2.14. The number of Topliss-reactive ketones (excluding diaryl/α,β-unsaturated/α-hetero) is 1. The maximum atomic E-state index is 12.0. The molecule has 0 radical (unpaired) electrons. The molecule has 1 heterocycles. The third kappa shape index (κ3) is 4.69. The Morgan fingerprint density at radius 3 is 2.76 bits per heavy atom. The maximum absolute atomic E-state index is 12.0. The van der Waals surface area contributed by atoms with Crippen molar-refractivity contribution in [2.45, 2.75) is 52.6 Å². The Hall–Kier alpha value is -1.16. The standard InChI is InChI=1S/C13H23N3O/c1-5-9-16-10-8-14-12(16)11(17)6-7-15-13(2,3)4/h8,10,15H,5-7,9H2,1-4H3. The molecule has 0 aliphatic carbocycles. The number of nitrogens with zero attached hydrogens (tertiary/aromatic N) is 2. The van der Waals surface area contributed by atoms with Crippen LogP contribution in [0.4, 0.5) is 0 Å². The molecule has 0 unspecified atom stereocenters. The number of rotatable bonds is 6. The molecule has 1 aromatic rings. The summed E-state index contributed by atoms with van der Waals surface area (Å²) >= 11 is 0. The minimum atomic E-state index is 0.0547. The van der Waals surface area contributed by atoms with Gasteiger partial charge in [-0.3, -0.25) is 4.79 Å². The van der Waals surface area contributed by atoms with E-state index in [2.05, 4.69) is 38.0 Å². The summed E-state index contributed by atoms with van der Waals surface area (Å²) in [6.07, 6.45) is 5.07. The third-order valence-corrected chi connectivity index (χ3v) is 2.44. The zero-order valence-electron chi connectivity index (χ0n) is 11.3. The van der Waals surface area contributed by atoms with Crippen molar-refractivity contribution in [2.75, 3.05) is 6.54 Å². The number of aromatic nitrogens is 2. The zero-order chi connectivity index (χ0) is 12.9. The fraction of sp³-hybridized carbons (Fsp3) is 0.692. The van der Waals surface area contributed by atoms with Gasteiger partial charge in [-0.05, 0) is 27.2 Å². The summed E-state index contributed by atoms with van der Waals surface area (Å²) in [5, 5.41) is 3.31. The van der Waals surface area contributed by atoms with E-state index in [9.17, 15) is 4.79 Å². The lowest BCUT2D eigenvalue weighted by Crippen LogP contribution is -2.37. The molecule has 0 saturated carbocycles. The average molecular weight is 237 g/mol. The van der Waals surface area contributed by atoms with E-state index in [4.69, 9.17) is 0 Å². The summed E-state index contributed by atoms with van der Waals surface area (Å²) in [6.45, 7) is 9.92. The van der Waals surface area contributed by atoms with Crippen LogP contribution in [0.5, 0.6) is 0 Å². The third-order valence-electron chi connectivity index (χ3n) is 2.44. The Morgan fingerprint density at radius 2 is 2.18 bits per heavy atom. The molecule has 17 heavy (non-hydrogen) atoms. The highest BCUT2D eigenvalue weighted by molar-refractivity contribution is 5.92. The van der Waals surface area contributed by atoms with Gasteiger partial charge in [0.1, 0.15) is 0 Å². The fourth-order valence-electron chi connectivity index (χ4n) is 1.65. The van der Waals surface area contributed by atoms with Crippen LogP contribution < -0.4 is 5.32 Å². The Morgan fingerprint density at radius 1 is 1.47 bits per heavy atom. The largest absolute Gasteiger partial charge is 0.329 e. The van der Waals surface area contributed by atoms with Gasteiger partial charge >= 0.3 is 0 Å². The van der Waals surface area contributed by atoms with E-state index < -0.39 is 0 Å². The van der Waals surface area contributed by atoms with Crippen LogP contribution in [0.2, 0.25) is 0 Å². The second kappa shape index (κ2) is 5.96. The Balaban J connectivity index is 2.49. The molecule has 4 heteroatoms. The monoisotopic (exact) mass is 237 g/mol. The molecule has 4 nitrogen and oxygen atoms in total. The fourth-order valence-corrected chi connectivity index (χ4v) is 1.65. The zero-order valence-corrected chi connectivity index (χ0v) is 11.3. The van der Waals surface area contributed by atoms with Gasteiger partial charge in [-0.15, -0.1) is 0 Å². The molecule has 0 atom stereocenters. The van der Waals surface area contributed by atoms with Gasteiger partial charge < -0.3 is 9.88 Å². The molecule has 96 valence electrons. The van der Waals surface area contributed by atoms with Crippen molar-refractivity contribution >= 4 is 5.78 Å². The van der Waals surface area contributed by atoms with Crippen LogP contribution in [0.25, 0.3) is 0 Å². The normalized spacial score (nSPS) is 11.8. The summed E-state index contributed by atoms with van der Waals surface area (Å²) in [5.74, 6) is 0.697. The lowest BCUT2D eigenvalue weighted by atomic mass is 10.1. The van der Waals surface area contributed by atoms with Gasteiger partial charge in [-0.25, -0.2) is 4.98 Å². The van der Waals surface area contributed by atoms with Crippen molar-refractivity contribution in [2.24, 2.45) is 0 Å². The van der Waals surface area contributed by atoms with Crippen molar-refractivity contribution in [1.82, 2.24) is 14.9 Å². The molecule has 0 fully saturated rings. The van der Waals surface area contributed by atoms with Crippen LogP contribution in [0.3, 0.4) is 0 Å². The van der Waals surface area contributed by atoms with Crippen molar-refractivity contribution in [1.29, 1.82) is 0 Å². The molecular formula is C13H23N3O. The molecule has 0 amide bonds. The highest BCUT2D eigenvalue weighted by atomic mass is 16.1. The Bertz CT molecular complexity index is 363. The Labute approximate surface area is 103 Å². The SMILES string of the molecule is CCCn1ccnc1C(=O)CCNC(C)(C)C. The number of nitrogens with one attached hydrogen (secondary N) is 1. The van der Waals surface area contributed by atoms with Crippen LogP contribution in [0.1, 0.15) is 51.2 Å². The lowest BCUT2D eigenvalue weighted by Gasteiger charge is -2.20. The van der Waals surface area contributed by atoms with Gasteiger partial charge in [0.25, 0.3) is 0 Å². The van der Waals surface area contributed by atoms with Gasteiger partial charge in [0.15, 0.2) is 11.6 Å². The minimum absolute atomic E-state index is 0.0547. The second-order valence-electron chi connectivity index (χ2n) is 5.29. The molecule has 1 rings (SSSR count). The molecular weight excluding hydrogens is 214 g/mol. The smallest absolute Gasteiger partial charge is 0.199 e. The van der Waals surface area contributed by atoms with Crippen molar-refractivity contribution in [3.8, 4) is 0 Å². The van der Waals surface area contributed by atoms with Crippen LogP contribution >= 0.6 is 0 Å². The number of imidazole rings is 1. The van der Waals surface area contributed by atoms with E-state index in [1.54, 1.807) is 6.20 Å². The average Bonchev–Trinajstić information content (AvgIpc) is 2.64. The minimum Gasteiger partial charge on any atom is -0.329 e. The topological polar surface area (TPSA) is 46.9 Å². The van der Waals surface area contributed by atoms with E-state index in [1.165, 1.54) is 0 Å². The van der Waals surface area contributed by atoms with Crippen LogP contribution in [-0.4, -0.2) is 27.4 Å². The van der Waals surface area contributed by atoms with Crippen molar-refractivity contribution in [3.05, 3.63) is 18.2 Å². The highest BCUT2D eigenvalue weighted by Crippen LogP contribution is 2.04. The first-order valence-electron chi connectivity index (χ1n) is 6.23. The number of carbonyl (C=O) groups is 1. The lowest BCUT2D eigenvalue weighted by molar-refractivity contribution is 0.0966. The van der Waals surface area contributed by atoms with E-state index in [1.807, 2.05) is 10.8 Å². The van der Waals surface area contributed by atoms with E-state index in [0.29, 0.717) is 18.8 Å². The molecule has 0 saturated heterocycles. The summed E-state index contributed by atoms with van der Waals surface area (Å²) < 4.78 is 1.93. The molecule has 0 aliphatic heterocycles. The van der Waals surface area contributed by atoms with Crippen LogP contribution in [-0.2, 0) is 6.54 Å². The molecule has 0 bridgehead atoms. The summed E-state index contributed by atoms with van der Waals surface area (Å²) in [5.41, 5.74) is 0.0547. The van der Waals surface area contributed by atoms with Crippen LogP contribution in [0.15, 0.2) is 12.4 Å². The number of carbonyl (C=O) groups excluding carboxylic acids is 1. The maximum Gasteiger partial charge on any atom is 0.199 e. The van der Waals surface area contributed by atoms with Gasteiger partial charge in [0.05, 0.1) is 0 Å². The van der Waals surface area contributed by atoms with E-state index in [-0.39, 0.29) is 11.3 Å². The van der Waals surface area contributed by atoms with Gasteiger partial charge in [-0.2, -0.15) is 0 Å². The van der Waals surface area contributed by atoms with Crippen molar-refractivity contribution in [3.63, 3.8) is 0 Å². The van der Waals surface area contributed by atoms with Gasteiger partial charge in [0, 0.05) is 37.4 Å². The predicted octanol–water partition coefficient (Wildman–Crippen LogP) is 2.25. The number of hydrogen-bond acceptors (Lipinski definition) is 3. The quantitative estimate of drug-likeness (QED) is 0.772. The first-order valence-corrected chi connectivity index (χ1v) is 6.23. The van der Waals surface area contributed by atoms with Gasteiger partial charge in [0.2, 0.25) is 0 Å². The summed E-state index contributed by atoms with van der Waals surface area (Å²) in [7, 11) is 0. The van der Waals surface area contributed by atoms with E-state index in [0.717, 1.165) is 13.0 Å². The summed E-state index contributed by atoms with van der Waals surface area (Å²) in [6, 6.07) is 0. The second-order valence-corrected chi connectivity index (χ2v) is 5.29. The predicted molar refractivity (Wildman–Crippen MR) is 69.2 cm³/mol. The van der Waals surface area contributed by atoms with Crippen molar-refractivity contribution < 1.29 is 4.79 Å². The van der Waals surface area contributed by atoms with E-state index >= 15 is 0 Å². The van der Waals surface area contributed by atoms with Crippen LogP contribution in [0, 0.1) is 0 Å². The first kappa shape index (κ1) is 13.9. The molecule has 1 aromatic heterocycles. The molecule has 0 aliphatic rings. The molecule has 1 N–H and O–H groups in total. The molecule has 0 aromatic carbocycles. The number of aryl methyl sites for hydroxylation is 1.